The van der Waals surface area contributed by atoms with Crippen molar-refractivity contribution >= 4 is 11.6 Å². The topological polar surface area (TPSA) is 38.1 Å². The summed E-state index contributed by atoms with van der Waals surface area (Å²) >= 11 is 6.26. The fraction of sp³-hybridized carbons (Fsp3) is 0.786. The van der Waals surface area contributed by atoms with Crippen molar-refractivity contribution in [3.63, 3.8) is 0 Å². The zero-order valence-corrected chi connectivity index (χ0v) is 12.8. The fourth-order valence-corrected chi connectivity index (χ4v) is 2.59. The molecular formula is C14H25ClN2O. The number of aryl methyl sites for hydroxylation is 1. The molecule has 3 nitrogen and oxygen atoms in total. The molecule has 0 aliphatic heterocycles. The summed E-state index contributed by atoms with van der Waals surface area (Å²) < 4.78 is 1.66. The lowest BCUT2D eigenvalue weighted by molar-refractivity contribution is 0.140. The number of aromatic nitrogens is 2. The zero-order valence-electron chi connectivity index (χ0n) is 12.1. The van der Waals surface area contributed by atoms with Crippen LogP contribution in [-0.2, 0) is 7.05 Å². The number of aliphatic hydroxyl groups excluding tert-OH is 1. The fourth-order valence-electron chi connectivity index (χ4n) is 2.33. The van der Waals surface area contributed by atoms with E-state index < -0.39 is 6.10 Å². The van der Waals surface area contributed by atoms with Crippen LogP contribution in [0.3, 0.4) is 0 Å². The SMILES string of the molecule is CCC(CC)CC(O)c1c(C(C)C)nn(C)c1Cl. The first-order chi connectivity index (χ1) is 8.42. The molecule has 1 aromatic heterocycles. The first-order valence-electron chi connectivity index (χ1n) is 6.82. The van der Waals surface area contributed by atoms with Crippen molar-refractivity contribution in [2.75, 3.05) is 0 Å². The molecule has 4 heteroatoms. The smallest absolute Gasteiger partial charge is 0.132 e. The lowest BCUT2D eigenvalue weighted by atomic mass is 9.91. The molecule has 1 aromatic rings. The normalized spacial score (nSPS) is 13.6. The van der Waals surface area contributed by atoms with Gasteiger partial charge in [-0.1, -0.05) is 52.1 Å². The number of rotatable bonds is 6. The van der Waals surface area contributed by atoms with Crippen LogP contribution < -0.4 is 0 Å². The second-order valence-electron chi connectivity index (χ2n) is 5.30. The Morgan fingerprint density at radius 1 is 1.28 bits per heavy atom. The summed E-state index contributed by atoms with van der Waals surface area (Å²) in [6.45, 7) is 8.47. The van der Waals surface area contributed by atoms with Crippen molar-refractivity contribution < 1.29 is 5.11 Å². The van der Waals surface area contributed by atoms with Crippen LogP contribution in [0.25, 0.3) is 0 Å². The second-order valence-corrected chi connectivity index (χ2v) is 5.66. The van der Waals surface area contributed by atoms with Crippen LogP contribution in [0.2, 0.25) is 5.15 Å². The molecule has 1 N–H and O–H groups in total. The Bertz CT molecular complexity index is 383. The zero-order chi connectivity index (χ0) is 13.9. The molecule has 0 radical (unpaired) electrons. The van der Waals surface area contributed by atoms with E-state index in [1.165, 1.54) is 0 Å². The van der Waals surface area contributed by atoms with Crippen molar-refractivity contribution in [2.45, 2.75) is 59.0 Å². The molecule has 1 heterocycles. The van der Waals surface area contributed by atoms with Crippen molar-refractivity contribution in [2.24, 2.45) is 13.0 Å². The van der Waals surface area contributed by atoms with Crippen molar-refractivity contribution in [3.8, 4) is 0 Å². The van der Waals surface area contributed by atoms with Crippen molar-refractivity contribution in [3.05, 3.63) is 16.4 Å². The third-order valence-corrected chi connectivity index (χ3v) is 4.08. The molecule has 18 heavy (non-hydrogen) atoms. The molecule has 0 aliphatic rings. The van der Waals surface area contributed by atoms with Crippen molar-refractivity contribution in [1.29, 1.82) is 0 Å². The van der Waals surface area contributed by atoms with Gasteiger partial charge in [-0.25, -0.2) is 0 Å². The highest BCUT2D eigenvalue weighted by Crippen LogP contribution is 2.34. The summed E-state index contributed by atoms with van der Waals surface area (Å²) in [5.41, 5.74) is 1.74. The quantitative estimate of drug-likeness (QED) is 0.848. The van der Waals surface area contributed by atoms with Crippen LogP contribution in [0.4, 0.5) is 0 Å². The molecule has 1 unspecified atom stereocenters. The molecule has 0 bridgehead atoms. The maximum Gasteiger partial charge on any atom is 0.132 e. The number of hydrogen-bond donors (Lipinski definition) is 1. The monoisotopic (exact) mass is 272 g/mol. The Kier molecular flexibility index (Phi) is 5.67. The first kappa shape index (κ1) is 15.5. The highest BCUT2D eigenvalue weighted by molar-refractivity contribution is 6.30. The third-order valence-electron chi connectivity index (χ3n) is 3.63. The molecule has 0 saturated carbocycles. The van der Waals surface area contributed by atoms with Crippen LogP contribution in [0.15, 0.2) is 0 Å². The molecule has 0 saturated heterocycles. The summed E-state index contributed by atoms with van der Waals surface area (Å²) in [5.74, 6) is 0.811. The van der Waals surface area contributed by atoms with E-state index in [0.29, 0.717) is 11.1 Å². The molecule has 0 spiro atoms. The predicted octanol–water partition coefficient (Wildman–Crippen LogP) is 4.06. The molecule has 0 amide bonds. The van der Waals surface area contributed by atoms with Gasteiger partial charge >= 0.3 is 0 Å². The first-order valence-corrected chi connectivity index (χ1v) is 7.20. The van der Waals surface area contributed by atoms with E-state index in [2.05, 4.69) is 32.8 Å². The van der Waals surface area contributed by atoms with E-state index in [-0.39, 0.29) is 5.92 Å². The lowest BCUT2D eigenvalue weighted by Crippen LogP contribution is -2.08. The highest BCUT2D eigenvalue weighted by atomic mass is 35.5. The molecule has 104 valence electrons. The summed E-state index contributed by atoms with van der Waals surface area (Å²) in [6.07, 6.45) is 2.43. The summed E-state index contributed by atoms with van der Waals surface area (Å²) in [5, 5.41) is 15.4. The van der Waals surface area contributed by atoms with Crippen molar-refractivity contribution in [1.82, 2.24) is 9.78 Å². The predicted molar refractivity (Wildman–Crippen MR) is 76.0 cm³/mol. The molecule has 1 rings (SSSR count). The van der Waals surface area contributed by atoms with E-state index in [4.69, 9.17) is 11.6 Å². The molecule has 0 aromatic carbocycles. The number of aliphatic hydroxyl groups is 1. The molecule has 0 aliphatic carbocycles. The standard InChI is InChI=1S/C14H25ClN2O/c1-6-10(7-2)8-11(18)12-13(9(3)4)16-17(5)14(12)15/h9-11,18H,6-8H2,1-5H3. The lowest BCUT2D eigenvalue weighted by Gasteiger charge is -2.18. The van der Waals surface area contributed by atoms with Gasteiger partial charge in [-0.15, -0.1) is 0 Å². The van der Waals surface area contributed by atoms with Gasteiger partial charge in [0, 0.05) is 12.6 Å². The Morgan fingerprint density at radius 2 is 1.83 bits per heavy atom. The Balaban J connectivity index is 3.00. The van der Waals surface area contributed by atoms with Gasteiger partial charge in [0.25, 0.3) is 0 Å². The van der Waals surface area contributed by atoms with Gasteiger partial charge in [-0.05, 0) is 18.3 Å². The molecule has 0 fully saturated rings. The Morgan fingerprint density at radius 3 is 2.28 bits per heavy atom. The summed E-state index contributed by atoms with van der Waals surface area (Å²) in [7, 11) is 1.82. The minimum absolute atomic E-state index is 0.273. The van der Waals surface area contributed by atoms with E-state index in [9.17, 15) is 5.11 Å². The summed E-state index contributed by atoms with van der Waals surface area (Å²) in [6, 6.07) is 0. The van der Waals surface area contributed by atoms with Crippen LogP contribution in [0.1, 0.15) is 70.2 Å². The maximum atomic E-state index is 10.4. The largest absolute Gasteiger partial charge is 0.388 e. The molecule has 1 atom stereocenters. The van der Waals surface area contributed by atoms with E-state index in [1.54, 1.807) is 4.68 Å². The Hall–Kier alpha value is -0.540. The van der Waals surface area contributed by atoms with Gasteiger partial charge in [0.2, 0.25) is 0 Å². The molecular weight excluding hydrogens is 248 g/mol. The minimum atomic E-state index is -0.506. The maximum absolute atomic E-state index is 10.4. The average Bonchev–Trinajstić information content (AvgIpc) is 2.63. The van der Waals surface area contributed by atoms with Gasteiger partial charge in [-0.3, -0.25) is 4.68 Å². The van der Waals surface area contributed by atoms with Gasteiger partial charge in [0.1, 0.15) is 5.15 Å². The van der Waals surface area contributed by atoms with Crippen LogP contribution in [-0.4, -0.2) is 14.9 Å². The summed E-state index contributed by atoms with van der Waals surface area (Å²) in [4.78, 5) is 0. The minimum Gasteiger partial charge on any atom is -0.388 e. The number of hydrogen-bond acceptors (Lipinski definition) is 2. The Labute approximate surface area is 115 Å². The van der Waals surface area contributed by atoms with Gasteiger partial charge in [0.15, 0.2) is 0 Å². The van der Waals surface area contributed by atoms with Gasteiger partial charge in [0.05, 0.1) is 11.8 Å². The van der Waals surface area contributed by atoms with Gasteiger partial charge < -0.3 is 5.11 Å². The number of halogens is 1. The number of nitrogens with zero attached hydrogens (tertiary/aromatic N) is 2. The van der Waals surface area contributed by atoms with E-state index >= 15 is 0 Å². The third kappa shape index (κ3) is 3.27. The van der Waals surface area contributed by atoms with Crippen LogP contribution in [0, 0.1) is 5.92 Å². The van der Waals surface area contributed by atoms with Gasteiger partial charge in [-0.2, -0.15) is 5.10 Å². The van der Waals surface area contributed by atoms with Crippen LogP contribution >= 0.6 is 11.6 Å². The van der Waals surface area contributed by atoms with E-state index in [0.717, 1.165) is 30.5 Å². The average molecular weight is 273 g/mol. The van der Waals surface area contributed by atoms with E-state index in [1.807, 2.05) is 7.05 Å². The van der Waals surface area contributed by atoms with Crippen LogP contribution in [0.5, 0.6) is 0 Å². The second kappa shape index (κ2) is 6.58. The highest BCUT2D eigenvalue weighted by Gasteiger charge is 2.24.